The number of likely N-dealkylation sites (tertiary alicyclic amines) is 1. The highest BCUT2D eigenvalue weighted by Crippen LogP contribution is 2.39. The molecule has 6 nitrogen and oxygen atoms in total. The molecule has 1 unspecified atom stereocenters. The molecule has 1 saturated heterocycles. The van der Waals surface area contributed by atoms with Crippen molar-refractivity contribution in [3.8, 4) is 0 Å². The molecule has 29 heavy (non-hydrogen) atoms. The van der Waals surface area contributed by atoms with Gasteiger partial charge in [0.2, 0.25) is 14.8 Å². The van der Waals surface area contributed by atoms with Crippen molar-refractivity contribution in [3.05, 3.63) is 54.1 Å². The predicted octanol–water partition coefficient (Wildman–Crippen LogP) is 3.93. The number of rotatable bonds is 4. The molecule has 1 N–H and O–H groups in total. The van der Waals surface area contributed by atoms with Gasteiger partial charge in [0.25, 0.3) is 0 Å². The van der Waals surface area contributed by atoms with Crippen molar-refractivity contribution in [2.75, 3.05) is 18.4 Å². The van der Waals surface area contributed by atoms with E-state index in [0.29, 0.717) is 5.69 Å². The lowest BCUT2D eigenvalue weighted by molar-refractivity contribution is 0.117. The third-order valence-corrected chi connectivity index (χ3v) is 7.56. The Kier molecular flexibility index (Phi) is 5.88. The summed E-state index contributed by atoms with van der Waals surface area (Å²) in [5.74, 6) is -1.54. The third kappa shape index (κ3) is 4.39. The fraction of sp³-hybridized carbons (Fsp3) is 0.400. The first-order valence-corrected chi connectivity index (χ1v) is 10.8. The van der Waals surface area contributed by atoms with Gasteiger partial charge in [0.1, 0.15) is 5.82 Å². The van der Waals surface area contributed by atoms with E-state index in [0.717, 1.165) is 24.8 Å². The van der Waals surface area contributed by atoms with Crippen LogP contribution in [0.25, 0.3) is 0 Å². The molecule has 1 aliphatic heterocycles. The Morgan fingerprint density at radius 3 is 2.52 bits per heavy atom. The molecule has 2 heterocycles. The quantitative estimate of drug-likeness (QED) is 0.808. The van der Waals surface area contributed by atoms with Gasteiger partial charge in [-0.3, -0.25) is 4.98 Å². The van der Waals surface area contributed by atoms with Crippen molar-refractivity contribution in [2.24, 2.45) is 5.92 Å². The number of aromatic nitrogens is 1. The van der Waals surface area contributed by atoms with Gasteiger partial charge in [-0.25, -0.2) is 22.0 Å². The smallest absolute Gasteiger partial charge is 0.321 e. The van der Waals surface area contributed by atoms with Gasteiger partial charge in [0, 0.05) is 24.7 Å². The van der Waals surface area contributed by atoms with Gasteiger partial charge in [-0.15, -0.1) is 0 Å². The first-order chi connectivity index (χ1) is 13.6. The number of hydrogen-bond acceptors (Lipinski definition) is 4. The Hall–Kier alpha value is -2.55. The molecule has 1 aromatic carbocycles. The summed E-state index contributed by atoms with van der Waals surface area (Å²) in [6.45, 7) is 3.29. The number of aryl methyl sites for hydroxylation is 1. The van der Waals surface area contributed by atoms with Crippen LogP contribution in [0.3, 0.4) is 0 Å². The van der Waals surface area contributed by atoms with Gasteiger partial charge in [-0.1, -0.05) is 6.07 Å². The Bertz CT molecular complexity index is 986. The van der Waals surface area contributed by atoms with Gasteiger partial charge in [0.05, 0.1) is 16.8 Å². The highest BCUT2D eigenvalue weighted by atomic mass is 32.2. The predicted molar refractivity (Wildman–Crippen MR) is 105 cm³/mol. The number of piperidine rings is 1. The average molecular weight is 423 g/mol. The summed E-state index contributed by atoms with van der Waals surface area (Å²) in [4.78, 5) is 17.6. The number of hydrogen-bond donors (Lipinski definition) is 1. The van der Waals surface area contributed by atoms with E-state index in [1.165, 1.54) is 17.0 Å². The molecule has 9 heteroatoms. The topological polar surface area (TPSA) is 79.4 Å². The van der Waals surface area contributed by atoms with Crippen LogP contribution in [0.2, 0.25) is 0 Å². The van der Waals surface area contributed by atoms with Gasteiger partial charge in [0.15, 0.2) is 0 Å². The minimum absolute atomic E-state index is 0.182. The summed E-state index contributed by atoms with van der Waals surface area (Å²) in [6.07, 6.45) is 1.91. The van der Waals surface area contributed by atoms with Crippen molar-refractivity contribution >= 4 is 21.6 Å². The molecule has 156 valence electrons. The molecule has 0 radical (unpaired) electrons. The summed E-state index contributed by atoms with van der Waals surface area (Å²) >= 11 is 0. The normalized spacial score (nSPS) is 17.6. The molecule has 0 spiro atoms. The lowest BCUT2D eigenvalue weighted by Gasteiger charge is -2.37. The van der Waals surface area contributed by atoms with Crippen LogP contribution >= 0.6 is 0 Å². The SMILES string of the molecule is Cc1ccc(NC(=O)N2CCC(C(C)(F)S(=O)(=O)c3cccc(F)c3)CC2)cn1. The Labute approximate surface area is 168 Å². The minimum Gasteiger partial charge on any atom is -0.325 e. The third-order valence-electron chi connectivity index (χ3n) is 5.31. The fourth-order valence-electron chi connectivity index (χ4n) is 3.43. The zero-order chi connectivity index (χ0) is 21.2. The van der Waals surface area contributed by atoms with Crippen LogP contribution in [0.15, 0.2) is 47.5 Å². The number of urea groups is 1. The van der Waals surface area contributed by atoms with Crippen molar-refractivity contribution < 1.29 is 22.0 Å². The number of nitrogens with zero attached hydrogens (tertiary/aromatic N) is 2. The number of carbonyl (C=O) groups is 1. The average Bonchev–Trinajstić information content (AvgIpc) is 2.69. The van der Waals surface area contributed by atoms with Crippen LogP contribution in [0, 0.1) is 18.7 Å². The number of anilines is 1. The van der Waals surface area contributed by atoms with Gasteiger partial charge in [-0.05, 0) is 57.0 Å². The van der Waals surface area contributed by atoms with E-state index in [2.05, 4.69) is 10.3 Å². The molecule has 1 aliphatic rings. The van der Waals surface area contributed by atoms with Crippen molar-refractivity contribution in [1.29, 1.82) is 0 Å². The van der Waals surface area contributed by atoms with Crippen molar-refractivity contribution in [2.45, 2.75) is 36.6 Å². The van der Waals surface area contributed by atoms with E-state index < -0.39 is 26.6 Å². The van der Waals surface area contributed by atoms with E-state index in [9.17, 15) is 17.6 Å². The highest BCUT2D eigenvalue weighted by molar-refractivity contribution is 7.92. The lowest BCUT2D eigenvalue weighted by Crippen LogP contribution is -2.48. The summed E-state index contributed by atoms with van der Waals surface area (Å²) in [6, 6.07) is 7.52. The maximum atomic E-state index is 15.4. The van der Waals surface area contributed by atoms with E-state index in [1.807, 2.05) is 6.92 Å². The largest absolute Gasteiger partial charge is 0.325 e. The van der Waals surface area contributed by atoms with Gasteiger partial charge in [-0.2, -0.15) is 0 Å². The summed E-state index contributed by atoms with van der Waals surface area (Å²) in [5, 5.41) is 0.160. The van der Waals surface area contributed by atoms with E-state index >= 15 is 4.39 Å². The number of sulfone groups is 1. The molecule has 3 rings (SSSR count). The van der Waals surface area contributed by atoms with Crippen LogP contribution < -0.4 is 5.32 Å². The van der Waals surface area contributed by atoms with E-state index in [-0.39, 0.29) is 36.9 Å². The van der Waals surface area contributed by atoms with Crippen LogP contribution in [0.1, 0.15) is 25.5 Å². The van der Waals surface area contributed by atoms with Gasteiger partial charge < -0.3 is 10.2 Å². The molecule has 1 aromatic heterocycles. The van der Waals surface area contributed by atoms with Gasteiger partial charge >= 0.3 is 6.03 Å². The molecule has 1 fully saturated rings. The number of benzene rings is 1. The lowest BCUT2D eigenvalue weighted by atomic mass is 9.92. The van der Waals surface area contributed by atoms with Crippen LogP contribution in [-0.2, 0) is 9.84 Å². The number of halogens is 2. The Morgan fingerprint density at radius 2 is 1.93 bits per heavy atom. The number of nitrogens with one attached hydrogen (secondary N) is 1. The molecular weight excluding hydrogens is 400 g/mol. The molecule has 1 atom stereocenters. The van der Waals surface area contributed by atoms with Crippen molar-refractivity contribution in [3.63, 3.8) is 0 Å². The zero-order valence-corrected chi connectivity index (χ0v) is 17.0. The summed E-state index contributed by atoms with van der Waals surface area (Å²) < 4.78 is 54.4. The molecule has 0 bridgehead atoms. The second-order valence-corrected chi connectivity index (χ2v) is 9.60. The monoisotopic (exact) mass is 423 g/mol. The summed E-state index contributed by atoms with van der Waals surface area (Å²) in [5.41, 5.74) is 1.37. The number of pyridine rings is 1. The molecule has 2 amide bonds. The summed E-state index contributed by atoms with van der Waals surface area (Å²) in [7, 11) is -4.39. The zero-order valence-electron chi connectivity index (χ0n) is 16.2. The Morgan fingerprint density at radius 1 is 1.24 bits per heavy atom. The molecule has 0 saturated carbocycles. The standard InChI is InChI=1S/C20H23F2N3O3S/c1-14-6-7-17(13-23-14)24-19(26)25-10-8-15(9-11-25)20(2,22)29(27,28)18-5-3-4-16(21)12-18/h3-7,12-13,15H,8-11H2,1-2H3,(H,24,26). The highest BCUT2D eigenvalue weighted by Gasteiger charge is 2.48. The van der Waals surface area contributed by atoms with E-state index in [4.69, 9.17) is 0 Å². The molecular formula is C20H23F2N3O3S. The number of amides is 2. The molecule has 0 aliphatic carbocycles. The Balaban J connectivity index is 1.66. The van der Waals surface area contributed by atoms with Crippen LogP contribution in [-0.4, -0.2) is 42.4 Å². The number of alkyl halides is 1. The first kappa shape index (κ1) is 21.2. The van der Waals surface area contributed by atoms with Crippen molar-refractivity contribution in [1.82, 2.24) is 9.88 Å². The van der Waals surface area contributed by atoms with Crippen LogP contribution in [0.4, 0.5) is 19.3 Å². The second kappa shape index (κ2) is 8.06. The minimum atomic E-state index is -4.39. The molecule has 2 aromatic rings. The van der Waals surface area contributed by atoms with Crippen LogP contribution in [0.5, 0.6) is 0 Å². The maximum Gasteiger partial charge on any atom is 0.321 e. The fourth-order valence-corrected chi connectivity index (χ4v) is 5.09. The second-order valence-electron chi connectivity index (χ2n) is 7.33. The first-order valence-electron chi connectivity index (χ1n) is 9.29. The number of carbonyl (C=O) groups excluding carboxylic acids is 1. The maximum absolute atomic E-state index is 15.4. The van der Waals surface area contributed by atoms with E-state index in [1.54, 1.807) is 18.3 Å².